The van der Waals surface area contributed by atoms with E-state index in [1.807, 2.05) is 0 Å². The fourth-order valence-corrected chi connectivity index (χ4v) is 7.49. The lowest BCUT2D eigenvalue weighted by Gasteiger charge is -2.44. The van der Waals surface area contributed by atoms with Crippen LogP contribution < -0.4 is 5.76 Å². The van der Waals surface area contributed by atoms with E-state index in [-0.39, 0.29) is 36.0 Å². The third-order valence-corrected chi connectivity index (χ3v) is 9.68. The van der Waals surface area contributed by atoms with E-state index in [1.54, 1.807) is 30.3 Å². The van der Waals surface area contributed by atoms with Crippen molar-refractivity contribution < 1.29 is 26.4 Å². The molecule has 1 saturated carbocycles. The molecule has 11 heteroatoms. The lowest BCUT2D eigenvalue weighted by atomic mass is 9.62. The van der Waals surface area contributed by atoms with Gasteiger partial charge in [0.1, 0.15) is 16.9 Å². The summed E-state index contributed by atoms with van der Waals surface area (Å²) < 4.78 is 69.7. The number of ether oxygens (including phenoxy) is 1. The predicted octanol–water partition coefficient (Wildman–Crippen LogP) is 3.40. The fourth-order valence-electron chi connectivity index (χ4n) is 5.39. The average Bonchev–Trinajstić information content (AvgIpc) is 3.29. The Balaban J connectivity index is 1.50. The van der Waals surface area contributed by atoms with Crippen LogP contribution in [-0.2, 0) is 26.7 Å². The van der Waals surface area contributed by atoms with E-state index in [0.717, 1.165) is 16.4 Å². The second kappa shape index (κ2) is 9.52. The van der Waals surface area contributed by atoms with Crippen LogP contribution in [0.25, 0.3) is 0 Å². The highest BCUT2D eigenvalue weighted by Gasteiger charge is 2.53. The maximum Gasteiger partial charge on any atom is 0.434 e. The Morgan fingerprint density at radius 3 is 2.57 bits per heavy atom. The van der Waals surface area contributed by atoms with Crippen LogP contribution in [0.4, 0.5) is 8.78 Å². The van der Waals surface area contributed by atoms with Crippen LogP contribution in [0, 0.1) is 24.0 Å². The van der Waals surface area contributed by atoms with Gasteiger partial charge >= 0.3 is 5.76 Å². The van der Waals surface area contributed by atoms with Gasteiger partial charge in [-0.15, -0.1) is 11.5 Å². The number of halogens is 2. The van der Waals surface area contributed by atoms with Gasteiger partial charge in [0, 0.05) is 24.8 Å². The summed E-state index contributed by atoms with van der Waals surface area (Å²) in [6, 6.07) is 9.96. The summed E-state index contributed by atoms with van der Waals surface area (Å²) in [5.74, 6) is 0.0389. The van der Waals surface area contributed by atoms with E-state index in [4.69, 9.17) is 15.6 Å². The van der Waals surface area contributed by atoms with Crippen LogP contribution >= 0.6 is 0 Å². The molecule has 194 valence electrons. The first-order chi connectivity index (χ1) is 17.7. The maximum absolute atomic E-state index is 15.6. The molecule has 8 nitrogen and oxygen atoms in total. The summed E-state index contributed by atoms with van der Waals surface area (Å²) in [5, 5.41) is 5.19. The Morgan fingerprint density at radius 2 is 1.95 bits per heavy atom. The zero-order valence-electron chi connectivity index (χ0n) is 20.0. The molecule has 1 aliphatic heterocycles. The molecule has 0 unspecified atom stereocenters. The fraction of sp³-hybridized carbons (Fsp3) is 0.385. The number of sulfonamides is 1. The van der Waals surface area contributed by atoms with Gasteiger partial charge in [-0.25, -0.2) is 27.1 Å². The van der Waals surface area contributed by atoms with Crippen molar-refractivity contribution in [1.82, 2.24) is 14.5 Å². The van der Waals surface area contributed by atoms with Crippen LogP contribution in [0.3, 0.4) is 0 Å². The van der Waals surface area contributed by atoms with Gasteiger partial charge in [-0.1, -0.05) is 36.3 Å². The molecule has 1 saturated heterocycles. The van der Waals surface area contributed by atoms with Gasteiger partial charge in [0.2, 0.25) is 15.9 Å². The van der Waals surface area contributed by atoms with Crippen molar-refractivity contribution >= 4 is 10.0 Å². The van der Waals surface area contributed by atoms with E-state index >= 15 is 8.78 Å². The van der Waals surface area contributed by atoms with Crippen molar-refractivity contribution in [2.75, 3.05) is 7.11 Å². The number of H-pyrrole nitrogens is 1. The molecular weight excluding hydrogens is 504 g/mol. The van der Waals surface area contributed by atoms with E-state index < -0.39 is 50.7 Å². The summed E-state index contributed by atoms with van der Waals surface area (Å²) in [4.78, 5) is 11.6. The van der Waals surface area contributed by atoms with Gasteiger partial charge in [0.25, 0.3) is 0 Å². The van der Waals surface area contributed by atoms with Gasteiger partial charge in [0.05, 0.1) is 17.6 Å². The first kappa shape index (κ1) is 25.3. The monoisotopic (exact) mass is 529 g/mol. The number of methoxy groups -OCH3 is 1. The molecule has 0 radical (unpaired) electrons. The van der Waals surface area contributed by atoms with Crippen LogP contribution in [0.5, 0.6) is 0 Å². The van der Waals surface area contributed by atoms with Crippen molar-refractivity contribution in [2.24, 2.45) is 0 Å². The molecule has 2 aromatic carbocycles. The van der Waals surface area contributed by atoms with Crippen molar-refractivity contribution in [1.29, 1.82) is 0 Å². The molecule has 1 aromatic heterocycles. The Morgan fingerprint density at radius 1 is 1.22 bits per heavy atom. The van der Waals surface area contributed by atoms with Gasteiger partial charge in [-0.3, -0.25) is 0 Å². The van der Waals surface area contributed by atoms with Crippen molar-refractivity contribution in [2.45, 2.75) is 55.0 Å². The molecule has 37 heavy (non-hydrogen) atoms. The third-order valence-electron chi connectivity index (χ3n) is 7.41. The first-order valence-electron chi connectivity index (χ1n) is 11.8. The van der Waals surface area contributed by atoms with Crippen LogP contribution in [0.1, 0.15) is 53.5 Å². The Hall–Kier alpha value is -3.33. The summed E-state index contributed by atoms with van der Waals surface area (Å²) in [7, 11) is -2.47. The van der Waals surface area contributed by atoms with Crippen LogP contribution in [0.15, 0.2) is 51.7 Å². The lowest BCUT2D eigenvalue weighted by Crippen LogP contribution is -2.47. The van der Waals surface area contributed by atoms with Crippen molar-refractivity contribution in [3.05, 3.63) is 87.2 Å². The normalized spacial score (nSPS) is 27.4. The zero-order valence-corrected chi connectivity index (χ0v) is 20.8. The molecule has 1 N–H and O–H groups in total. The summed E-state index contributed by atoms with van der Waals surface area (Å²) in [6.45, 7) is -0.422. The number of benzene rings is 2. The second-order valence-electron chi connectivity index (χ2n) is 9.44. The number of hydrogen-bond acceptors (Lipinski definition) is 6. The standard InChI is InChI=1S/C26H25F2N3O5S/c1-3-18-9-10-23(16-7-5-4-6-8-16)37(33,34)31(18)15-17-11-22(28)20(12-21(17)27)26(13-19(14-26)35-2)24-29-30-25(32)36-24/h1,4-8,11-12,18-19,23H,9-10,13-15H2,2H3,(H,30,32)/t18-,19-,23+,26+/m0/s1. The van der Waals surface area contributed by atoms with Gasteiger partial charge in [-0.2, -0.15) is 4.31 Å². The van der Waals surface area contributed by atoms with Crippen LogP contribution in [0.2, 0.25) is 0 Å². The Bertz CT molecular complexity index is 1510. The average molecular weight is 530 g/mol. The van der Waals surface area contributed by atoms with Crippen LogP contribution in [-0.4, -0.2) is 42.2 Å². The smallest absolute Gasteiger partial charge is 0.391 e. The third kappa shape index (κ3) is 4.29. The van der Waals surface area contributed by atoms with E-state index in [9.17, 15) is 13.2 Å². The van der Waals surface area contributed by atoms with Gasteiger partial charge < -0.3 is 9.15 Å². The molecule has 0 amide bonds. The Kier molecular flexibility index (Phi) is 6.52. The molecule has 5 rings (SSSR count). The van der Waals surface area contributed by atoms with E-state index in [1.165, 1.54) is 7.11 Å². The maximum atomic E-state index is 15.6. The largest absolute Gasteiger partial charge is 0.434 e. The molecule has 2 heterocycles. The highest BCUT2D eigenvalue weighted by Crippen LogP contribution is 2.50. The molecular formula is C26H25F2N3O5S. The number of nitrogens with one attached hydrogen (secondary N) is 1. The number of aromatic nitrogens is 2. The van der Waals surface area contributed by atoms with Gasteiger partial charge in [-0.05, 0) is 43.4 Å². The number of aromatic amines is 1. The highest BCUT2D eigenvalue weighted by atomic mass is 32.2. The first-order valence-corrected chi connectivity index (χ1v) is 13.3. The van der Waals surface area contributed by atoms with Crippen molar-refractivity contribution in [3.8, 4) is 12.3 Å². The van der Waals surface area contributed by atoms with E-state index in [2.05, 4.69) is 16.1 Å². The molecule has 1 aliphatic carbocycles. The van der Waals surface area contributed by atoms with Crippen molar-refractivity contribution in [3.63, 3.8) is 0 Å². The molecule has 0 bridgehead atoms. The molecule has 2 fully saturated rings. The number of terminal acetylenes is 1. The summed E-state index contributed by atoms with van der Waals surface area (Å²) >= 11 is 0. The summed E-state index contributed by atoms with van der Waals surface area (Å²) in [5.41, 5.74) is -0.778. The Labute approximate surface area is 212 Å². The zero-order chi connectivity index (χ0) is 26.4. The second-order valence-corrected chi connectivity index (χ2v) is 11.5. The minimum Gasteiger partial charge on any atom is -0.391 e. The molecule has 3 aromatic rings. The number of nitrogens with zero attached hydrogens (tertiary/aromatic N) is 2. The number of rotatable bonds is 6. The van der Waals surface area contributed by atoms with E-state index in [0.29, 0.717) is 18.4 Å². The highest BCUT2D eigenvalue weighted by molar-refractivity contribution is 7.89. The summed E-state index contributed by atoms with van der Waals surface area (Å²) in [6.07, 6.45) is 6.55. The molecule has 2 atom stereocenters. The minimum absolute atomic E-state index is 0.0468. The predicted molar refractivity (Wildman–Crippen MR) is 130 cm³/mol. The topological polar surface area (TPSA) is 106 Å². The molecule has 2 aliphatic rings. The van der Waals surface area contributed by atoms with Gasteiger partial charge in [0.15, 0.2) is 0 Å². The lowest BCUT2D eigenvalue weighted by molar-refractivity contribution is -0.0138. The quantitative estimate of drug-likeness (QED) is 0.491. The minimum atomic E-state index is -3.97. The number of hydrogen-bond donors (Lipinski definition) is 1. The SMILES string of the molecule is C#C[C@H]1CC[C@H](c2ccccc2)S(=O)(=O)N1Cc1cc(F)c([C@]2(c3n[nH]c(=O)o3)C[C@@H](OC)C2)cc1F. The molecule has 0 spiro atoms.